The first-order chi connectivity index (χ1) is 12.1. The number of benzene rings is 2. The van der Waals surface area contributed by atoms with Gasteiger partial charge in [-0.3, -0.25) is 9.69 Å². The molecule has 1 fully saturated rings. The summed E-state index contributed by atoms with van der Waals surface area (Å²) in [6.07, 6.45) is 0. The van der Waals surface area contributed by atoms with Gasteiger partial charge in [-0.2, -0.15) is 0 Å². The van der Waals surface area contributed by atoms with Crippen LogP contribution in [0.4, 0.5) is 16.2 Å². The summed E-state index contributed by atoms with van der Waals surface area (Å²) in [5.74, 6) is -0.945. The lowest BCUT2D eigenvalue weighted by atomic mass is 10.1. The largest absolute Gasteiger partial charge is 0.480 e. The predicted molar refractivity (Wildman–Crippen MR) is 96.2 cm³/mol. The number of rotatable bonds is 3. The van der Waals surface area contributed by atoms with E-state index < -0.39 is 12.0 Å². The molecule has 6 heteroatoms. The number of para-hydroxylation sites is 2. The van der Waals surface area contributed by atoms with Crippen LogP contribution in [-0.4, -0.2) is 47.7 Å². The molecule has 1 atom stereocenters. The Morgan fingerprint density at radius 2 is 1.80 bits per heavy atom. The number of aryl methyl sites for hydroxylation is 1. The monoisotopic (exact) mass is 339 g/mol. The highest BCUT2D eigenvalue weighted by Gasteiger charge is 2.31. The van der Waals surface area contributed by atoms with E-state index >= 15 is 0 Å². The minimum atomic E-state index is -0.945. The van der Waals surface area contributed by atoms with E-state index in [1.807, 2.05) is 61.5 Å². The van der Waals surface area contributed by atoms with Gasteiger partial charge in [-0.25, -0.2) is 4.79 Å². The average molecular weight is 339 g/mol. The zero-order valence-electron chi connectivity index (χ0n) is 14.1. The Morgan fingerprint density at radius 3 is 2.48 bits per heavy atom. The number of nitrogens with one attached hydrogen (secondary N) is 1. The van der Waals surface area contributed by atoms with E-state index in [1.165, 1.54) is 0 Å². The van der Waals surface area contributed by atoms with Crippen LogP contribution >= 0.6 is 0 Å². The van der Waals surface area contributed by atoms with Crippen LogP contribution in [0.1, 0.15) is 5.56 Å². The maximum absolute atomic E-state index is 13.3. The van der Waals surface area contributed by atoms with Crippen LogP contribution in [0.25, 0.3) is 0 Å². The third-order valence-electron chi connectivity index (χ3n) is 4.31. The number of hydrogen-bond acceptors (Lipinski definition) is 3. The second-order valence-electron chi connectivity index (χ2n) is 6.03. The molecule has 0 spiro atoms. The highest BCUT2D eigenvalue weighted by molar-refractivity contribution is 6.00. The molecular formula is C19H21N3O3. The maximum atomic E-state index is 13.3. The van der Waals surface area contributed by atoms with Crippen molar-refractivity contribution in [3.63, 3.8) is 0 Å². The molecule has 2 amide bonds. The Kier molecular flexibility index (Phi) is 5.00. The van der Waals surface area contributed by atoms with Crippen molar-refractivity contribution >= 4 is 23.4 Å². The lowest BCUT2D eigenvalue weighted by molar-refractivity contribution is -0.140. The van der Waals surface area contributed by atoms with E-state index in [2.05, 4.69) is 5.32 Å². The van der Waals surface area contributed by atoms with Gasteiger partial charge in [0.1, 0.15) is 6.04 Å². The fourth-order valence-electron chi connectivity index (χ4n) is 2.97. The second-order valence-corrected chi connectivity index (χ2v) is 6.03. The molecule has 0 saturated carbocycles. The number of amides is 2. The van der Waals surface area contributed by atoms with Crippen LogP contribution in [0.15, 0.2) is 54.6 Å². The number of carbonyl (C=O) groups is 2. The zero-order valence-corrected chi connectivity index (χ0v) is 14.1. The number of hydrogen-bond donors (Lipinski definition) is 2. The van der Waals surface area contributed by atoms with E-state index in [0.29, 0.717) is 13.1 Å². The Labute approximate surface area is 146 Å². The SMILES string of the molecule is Cc1ccccc1N(C(=O)N1CCNC(C(=O)O)C1)c1ccccc1. The predicted octanol–water partition coefficient (Wildman–Crippen LogP) is 2.61. The molecule has 2 aromatic carbocycles. The van der Waals surface area contributed by atoms with Crippen LogP contribution in [0, 0.1) is 6.92 Å². The highest BCUT2D eigenvalue weighted by atomic mass is 16.4. The van der Waals surface area contributed by atoms with Gasteiger partial charge >= 0.3 is 12.0 Å². The van der Waals surface area contributed by atoms with Crippen molar-refractivity contribution in [2.75, 3.05) is 24.5 Å². The molecule has 2 N–H and O–H groups in total. The Bertz CT molecular complexity index is 764. The average Bonchev–Trinajstić information content (AvgIpc) is 2.64. The molecule has 130 valence electrons. The minimum absolute atomic E-state index is 0.142. The minimum Gasteiger partial charge on any atom is -0.480 e. The number of nitrogens with zero attached hydrogens (tertiary/aromatic N) is 2. The van der Waals surface area contributed by atoms with Gasteiger partial charge in [-0.1, -0.05) is 36.4 Å². The van der Waals surface area contributed by atoms with E-state index in [1.54, 1.807) is 9.80 Å². The van der Waals surface area contributed by atoms with Gasteiger partial charge < -0.3 is 15.3 Å². The smallest absolute Gasteiger partial charge is 0.329 e. The molecule has 0 aliphatic carbocycles. The van der Waals surface area contributed by atoms with Gasteiger partial charge in [0.05, 0.1) is 11.4 Å². The first kappa shape index (κ1) is 17.0. The molecule has 0 aromatic heterocycles. The molecule has 25 heavy (non-hydrogen) atoms. The van der Waals surface area contributed by atoms with Crippen molar-refractivity contribution in [2.24, 2.45) is 0 Å². The van der Waals surface area contributed by atoms with Crippen LogP contribution in [0.2, 0.25) is 0 Å². The van der Waals surface area contributed by atoms with Gasteiger partial charge in [-0.05, 0) is 30.7 Å². The van der Waals surface area contributed by atoms with E-state index in [0.717, 1.165) is 16.9 Å². The summed E-state index contributed by atoms with van der Waals surface area (Å²) in [5, 5.41) is 12.2. The van der Waals surface area contributed by atoms with Crippen molar-refractivity contribution in [1.82, 2.24) is 10.2 Å². The molecule has 0 radical (unpaired) electrons. The summed E-state index contributed by atoms with van der Waals surface area (Å²) < 4.78 is 0. The fourth-order valence-corrected chi connectivity index (χ4v) is 2.97. The standard InChI is InChI=1S/C19H21N3O3/c1-14-7-5-6-10-17(14)22(15-8-3-2-4-9-15)19(25)21-12-11-20-16(13-21)18(23)24/h2-10,16,20H,11-13H2,1H3,(H,23,24). The lowest BCUT2D eigenvalue weighted by Gasteiger charge is -2.36. The third-order valence-corrected chi connectivity index (χ3v) is 4.31. The van der Waals surface area contributed by atoms with Crippen LogP contribution in [-0.2, 0) is 4.79 Å². The highest BCUT2D eigenvalue weighted by Crippen LogP contribution is 2.29. The van der Waals surface area contributed by atoms with E-state index in [4.69, 9.17) is 0 Å². The molecule has 6 nitrogen and oxygen atoms in total. The molecule has 1 aliphatic heterocycles. The lowest BCUT2D eigenvalue weighted by Crippen LogP contribution is -2.57. The van der Waals surface area contributed by atoms with Gasteiger partial charge in [-0.15, -0.1) is 0 Å². The molecule has 1 aliphatic rings. The van der Waals surface area contributed by atoms with Crippen molar-refractivity contribution < 1.29 is 14.7 Å². The third kappa shape index (κ3) is 3.64. The first-order valence-corrected chi connectivity index (χ1v) is 8.24. The van der Waals surface area contributed by atoms with Crippen LogP contribution in [0.5, 0.6) is 0 Å². The fraction of sp³-hybridized carbons (Fsp3) is 0.263. The molecule has 2 aromatic rings. The zero-order chi connectivity index (χ0) is 17.8. The Balaban J connectivity index is 1.96. The summed E-state index contributed by atoms with van der Waals surface area (Å²) in [6, 6.07) is 16.1. The van der Waals surface area contributed by atoms with Gasteiger partial charge in [0.15, 0.2) is 0 Å². The van der Waals surface area contributed by atoms with Gasteiger partial charge in [0.2, 0.25) is 0 Å². The molecule has 0 bridgehead atoms. The number of aliphatic carboxylic acids is 1. The normalized spacial score (nSPS) is 17.2. The number of urea groups is 1. The molecule has 1 unspecified atom stereocenters. The van der Waals surface area contributed by atoms with Gasteiger partial charge in [0.25, 0.3) is 0 Å². The van der Waals surface area contributed by atoms with Crippen molar-refractivity contribution in [3.05, 3.63) is 60.2 Å². The topological polar surface area (TPSA) is 72.9 Å². The number of anilines is 2. The maximum Gasteiger partial charge on any atom is 0.329 e. The molecule has 1 heterocycles. The Hall–Kier alpha value is -2.86. The van der Waals surface area contributed by atoms with Gasteiger partial charge in [0, 0.05) is 19.6 Å². The van der Waals surface area contributed by atoms with E-state index in [9.17, 15) is 14.7 Å². The van der Waals surface area contributed by atoms with Crippen molar-refractivity contribution in [1.29, 1.82) is 0 Å². The summed E-state index contributed by atoms with van der Waals surface area (Å²) >= 11 is 0. The van der Waals surface area contributed by atoms with Crippen molar-refractivity contribution in [3.8, 4) is 0 Å². The van der Waals surface area contributed by atoms with Crippen LogP contribution < -0.4 is 10.2 Å². The quantitative estimate of drug-likeness (QED) is 0.902. The summed E-state index contributed by atoms with van der Waals surface area (Å²) in [6.45, 7) is 3.02. The second kappa shape index (κ2) is 7.36. The number of carboxylic acids is 1. The molecule has 1 saturated heterocycles. The molecular weight excluding hydrogens is 318 g/mol. The Morgan fingerprint density at radius 1 is 1.12 bits per heavy atom. The number of carboxylic acid groups (broad SMARTS) is 1. The van der Waals surface area contributed by atoms with E-state index in [-0.39, 0.29) is 12.6 Å². The van der Waals surface area contributed by atoms with Crippen molar-refractivity contribution in [2.45, 2.75) is 13.0 Å². The number of carbonyl (C=O) groups excluding carboxylic acids is 1. The summed E-state index contributed by atoms with van der Waals surface area (Å²) in [5.41, 5.74) is 2.53. The van der Waals surface area contributed by atoms with Crippen LogP contribution in [0.3, 0.4) is 0 Å². The first-order valence-electron chi connectivity index (χ1n) is 8.24. The number of piperazine rings is 1. The summed E-state index contributed by atoms with van der Waals surface area (Å²) in [7, 11) is 0. The summed E-state index contributed by atoms with van der Waals surface area (Å²) in [4.78, 5) is 27.8. The molecule has 3 rings (SSSR count).